The maximum atomic E-state index is 13.1. The van der Waals surface area contributed by atoms with Crippen molar-refractivity contribution in [1.82, 2.24) is 0 Å². The number of nitrogens with two attached hydrogens (primary N) is 1. The van der Waals surface area contributed by atoms with E-state index in [1.165, 1.54) is 7.11 Å². The average molecular weight is 260 g/mol. The van der Waals surface area contributed by atoms with Crippen LogP contribution in [0.2, 0.25) is 0 Å². The maximum Gasteiger partial charge on any atom is 0.407 e. The number of rotatable bonds is 2. The number of hydrogen-bond donors (Lipinski definition) is 1. The minimum absolute atomic E-state index is 0. The summed E-state index contributed by atoms with van der Waals surface area (Å²) in [4.78, 5) is 0. The minimum Gasteiger partial charge on any atom is -0.494 e. The van der Waals surface area contributed by atoms with Gasteiger partial charge in [0.05, 0.1) is 7.11 Å². The fourth-order valence-corrected chi connectivity index (χ4v) is 1.07. The number of ether oxygens (including phenoxy) is 1. The number of methoxy groups -OCH3 is 1. The van der Waals surface area contributed by atoms with Crippen molar-refractivity contribution in [2.45, 2.75) is 12.2 Å². The van der Waals surface area contributed by atoms with Crippen LogP contribution in [0.1, 0.15) is 11.6 Å². The van der Waals surface area contributed by atoms with Crippen LogP contribution < -0.4 is 10.5 Å². The lowest BCUT2D eigenvalue weighted by atomic mass is 10.1. The molecule has 0 aliphatic carbocycles. The van der Waals surface area contributed by atoms with Crippen LogP contribution in [-0.2, 0) is 0 Å². The number of halogens is 5. The van der Waals surface area contributed by atoms with Gasteiger partial charge < -0.3 is 10.5 Å². The Kier molecular flexibility index (Phi) is 5.02. The van der Waals surface area contributed by atoms with Gasteiger partial charge in [0, 0.05) is 0 Å². The second kappa shape index (κ2) is 5.36. The molecule has 16 heavy (non-hydrogen) atoms. The number of alkyl halides is 3. The fourth-order valence-electron chi connectivity index (χ4n) is 1.07. The van der Waals surface area contributed by atoms with Crippen LogP contribution in [0.5, 0.6) is 5.75 Å². The van der Waals surface area contributed by atoms with Gasteiger partial charge in [-0.2, -0.15) is 13.2 Å². The third-order valence-electron chi connectivity index (χ3n) is 1.89. The molecular formula is C9H10ClF4NO. The summed E-state index contributed by atoms with van der Waals surface area (Å²) in [6, 6.07) is 0.728. The van der Waals surface area contributed by atoms with Crippen LogP contribution in [0.15, 0.2) is 18.2 Å². The highest BCUT2D eigenvalue weighted by atomic mass is 35.5. The fraction of sp³-hybridized carbons (Fsp3) is 0.333. The number of benzene rings is 1. The van der Waals surface area contributed by atoms with Crippen molar-refractivity contribution in [3.05, 3.63) is 29.6 Å². The minimum atomic E-state index is -4.58. The summed E-state index contributed by atoms with van der Waals surface area (Å²) in [6.07, 6.45) is -4.58. The third-order valence-corrected chi connectivity index (χ3v) is 1.89. The Hall–Kier alpha value is -1.01. The second-order valence-electron chi connectivity index (χ2n) is 2.91. The molecule has 92 valence electrons. The normalized spacial score (nSPS) is 12.9. The molecule has 0 spiro atoms. The summed E-state index contributed by atoms with van der Waals surface area (Å²) in [6.45, 7) is 0. The van der Waals surface area contributed by atoms with E-state index in [2.05, 4.69) is 4.74 Å². The standard InChI is InChI=1S/C9H9F4NO.ClH/c1-15-7-3-2-5(4-6(7)10)8(14)9(11,12)13;/h2-4,8H,14H2,1H3;1H/t8-;/m1./s1. The molecule has 0 unspecified atom stereocenters. The molecule has 1 aromatic carbocycles. The lowest BCUT2D eigenvalue weighted by Crippen LogP contribution is -2.28. The quantitative estimate of drug-likeness (QED) is 0.829. The summed E-state index contributed by atoms with van der Waals surface area (Å²) in [5.41, 5.74) is 4.57. The van der Waals surface area contributed by atoms with E-state index < -0.39 is 18.0 Å². The number of hydrogen-bond acceptors (Lipinski definition) is 2. The molecule has 0 saturated carbocycles. The monoisotopic (exact) mass is 259 g/mol. The summed E-state index contributed by atoms with van der Waals surface area (Å²) in [5.74, 6) is -0.983. The molecule has 7 heteroatoms. The van der Waals surface area contributed by atoms with Gasteiger partial charge in [-0.1, -0.05) is 6.07 Å². The van der Waals surface area contributed by atoms with E-state index >= 15 is 0 Å². The van der Waals surface area contributed by atoms with E-state index in [0.29, 0.717) is 0 Å². The Morgan fingerprint density at radius 2 is 1.88 bits per heavy atom. The molecule has 0 heterocycles. The smallest absolute Gasteiger partial charge is 0.407 e. The molecule has 2 nitrogen and oxygen atoms in total. The first-order valence-electron chi connectivity index (χ1n) is 4.02. The van der Waals surface area contributed by atoms with Crippen LogP contribution in [0.4, 0.5) is 17.6 Å². The van der Waals surface area contributed by atoms with Crippen molar-refractivity contribution in [2.75, 3.05) is 7.11 Å². The van der Waals surface area contributed by atoms with E-state index in [-0.39, 0.29) is 23.7 Å². The molecule has 0 bridgehead atoms. The van der Waals surface area contributed by atoms with Crippen molar-refractivity contribution in [2.24, 2.45) is 5.73 Å². The van der Waals surface area contributed by atoms with Gasteiger partial charge in [0.25, 0.3) is 0 Å². The highest BCUT2D eigenvalue weighted by Gasteiger charge is 2.38. The van der Waals surface area contributed by atoms with E-state index in [1.54, 1.807) is 0 Å². The SMILES string of the molecule is COc1ccc([C@@H](N)C(F)(F)F)cc1F.Cl. The van der Waals surface area contributed by atoms with Crippen molar-refractivity contribution < 1.29 is 22.3 Å². The Balaban J connectivity index is 0.00000225. The van der Waals surface area contributed by atoms with Gasteiger partial charge in [-0.15, -0.1) is 12.4 Å². The summed E-state index contributed by atoms with van der Waals surface area (Å²) in [5, 5.41) is 0. The van der Waals surface area contributed by atoms with E-state index in [0.717, 1.165) is 18.2 Å². The molecular weight excluding hydrogens is 250 g/mol. The van der Waals surface area contributed by atoms with Gasteiger partial charge >= 0.3 is 6.18 Å². The third kappa shape index (κ3) is 3.24. The average Bonchev–Trinajstić information content (AvgIpc) is 2.15. The Morgan fingerprint density at radius 1 is 1.31 bits per heavy atom. The molecule has 0 fully saturated rings. The first kappa shape index (κ1) is 15.0. The van der Waals surface area contributed by atoms with Crippen LogP contribution >= 0.6 is 12.4 Å². The van der Waals surface area contributed by atoms with Gasteiger partial charge in [-0.25, -0.2) is 4.39 Å². The lowest BCUT2D eigenvalue weighted by Gasteiger charge is -2.16. The zero-order chi connectivity index (χ0) is 11.6. The molecule has 0 saturated heterocycles. The predicted molar refractivity (Wildman–Crippen MR) is 53.2 cm³/mol. The molecule has 1 aromatic rings. The molecule has 2 N–H and O–H groups in total. The van der Waals surface area contributed by atoms with Gasteiger partial charge in [-0.05, 0) is 17.7 Å². The highest BCUT2D eigenvalue weighted by molar-refractivity contribution is 5.85. The van der Waals surface area contributed by atoms with Gasteiger partial charge in [0.1, 0.15) is 6.04 Å². The van der Waals surface area contributed by atoms with Crippen LogP contribution in [-0.4, -0.2) is 13.3 Å². The molecule has 0 aromatic heterocycles. The molecule has 0 aliphatic heterocycles. The second-order valence-corrected chi connectivity index (χ2v) is 2.91. The van der Waals surface area contributed by atoms with Crippen molar-refractivity contribution in [3.8, 4) is 5.75 Å². The first-order chi connectivity index (χ1) is 6.86. The Bertz CT molecular complexity index is 356. The van der Waals surface area contributed by atoms with Crippen molar-refractivity contribution in [3.63, 3.8) is 0 Å². The van der Waals surface area contributed by atoms with Gasteiger partial charge in [0.2, 0.25) is 0 Å². The van der Waals surface area contributed by atoms with Gasteiger partial charge in [-0.3, -0.25) is 0 Å². The zero-order valence-corrected chi connectivity index (χ0v) is 9.03. The summed E-state index contributed by atoms with van der Waals surface area (Å²) in [7, 11) is 1.22. The largest absolute Gasteiger partial charge is 0.494 e. The molecule has 0 aliphatic rings. The van der Waals surface area contributed by atoms with Gasteiger partial charge in [0.15, 0.2) is 11.6 Å². The van der Waals surface area contributed by atoms with Crippen molar-refractivity contribution in [1.29, 1.82) is 0 Å². The van der Waals surface area contributed by atoms with Crippen molar-refractivity contribution >= 4 is 12.4 Å². The van der Waals surface area contributed by atoms with E-state index in [1.807, 2.05) is 0 Å². The van der Waals surface area contributed by atoms with E-state index in [4.69, 9.17) is 5.73 Å². The highest BCUT2D eigenvalue weighted by Crippen LogP contribution is 2.32. The van der Waals surface area contributed by atoms with Crippen LogP contribution in [0.25, 0.3) is 0 Å². The summed E-state index contributed by atoms with van der Waals surface area (Å²) < 4.78 is 54.1. The Morgan fingerprint density at radius 3 is 2.25 bits per heavy atom. The van der Waals surface area contributed by atoms with E-state index in [9.17, 15) is 17.6 Å². The summed E-state index contributed by atoms with van der Waals surface area (Å²) >= 11 is 0. The first-order valence-corrected chi connectivity index (χ1v) is 4.02. The Labute approximate surface area is 95.8 Å². The topological polar surface area (TPSA) is 35.2 Å². The predicted octanol–water partition coefficient (Wildman–Crippen LogP) is 2.82. The van der Waals surface area contributed by atoms with Crippen LogP contribution in [0, 0.1) is 5.82 Å². The maximum absolute atomic E-state index is 13.1. The molecule has 1 atom stereocenters. The molecule has 0 radical (unpaired) electrons. The lowest BCUT2D eigenvalue weighted by molar-refractivity contribution is -0.149. The molecule has 1 rings (SSSR count). The zero-order valence-electron chi connectivity index (χ0n) is 8.22. The molecule has 0 amide bonds. The van der Waals surface area contributed by atoms with Crippen LogP contribution in [0.3, 0.4) is 0 Å².